The van der Waals surface area contributed by atoms with E-state index in [9.17, 15) is 18.0 Å². The van der Waals surface area contributed by atoms with Crippen LogP contribution in [0.5, 0.6) is 5.88 Å². The lowest BCUT2D eigenvalue weighted by Crippen LogP contribution is -2.31. The molecule has 0 saturated heterocycles. The maximum absolute atomic E-state index is 13.7. The van der Waals surface area contributed by atoms with Crippen LogP contribution in [0, 0.1) is 13.8 Å². The SMILES string of the molecule is Cc1cccc(C)c1-c1cc2nc(n1)NSc1cccc(c1)C(=O)NCC(c1ccc(C3(C(F)(F)F)CC3)cc1)O2. The van der Waals surface area contributed by atoms with Crippen molar-refractivity contribution in [1.82, 2.24) is 15.3 Å². The number of fused-ring (bicyclic) bond motifs is 4. The van der Waals surface area contributed by atoms with E-state index in [4.69, 9.17) is 9.72 Å². The zero-order valence-electron chi connectivity index (χ0n) is 22.4. The van der Waals surface area contributed by atoms with Gasteiger partial charge in [-0.25, -0.2) is 4.98 Å². The second-order valence-corrected chi connectivity index (χ2v) is 11.3. The third-order valence-corrected chi connectivity index (χ3v) is 8.41. The van der Waals surface area contributed by atoms with Crippen molar-refractivity contribution in [2.45, 2.75) is 49.3 Å². The molecule has 41 heavy (non-hydrogen) atoms. The number of halogens is 3. The first-order valence-electron chi connectivity index (χ1n) is 13.2. The van der Waals surface area contributed by atoms with Crippen molar-refractivity contribution in [3.63, 3.8) is 0 Å². The molecule has 4 aromatic rings. The maximum Gasteiger partial charge on any atom is 0.398 e. The highest BCUT2D eigenvalue weighted by molar-refractivity contribution is 8.00. The number of hydrogen-bond donors (Lipinski definition) is 2. The number of alkyl halides is 3. The molecular weight excluding hydrogens is 549 g/mol. The van der Waals surface area contributed by atoms with Gasteiger partial charge in [-0.05, 0) is 79.1 Å². The molecule has 3 aromatic carbocycles. The molecule has 1 atom stereocenters. The lowest BCUT2D eigenvalue weighted by atomic mass is 9.93. The second kappa shape index (κ2) is 10.4. The summed E-state index contributed by atoms with van der Waals surface area (Å²) in [4.78, 5) is 23.2. The fourth-order valence-electron chi connectivity index (χ4n) is 5.22. The number of ether oxygens (including phenoxy) is 1. The monoisotopic (exact) mass is 576 g/mol. The van der Waals surface area contributed by atoms with Crippen LogP contribution >= 0.6 is 11.9 Å². The van der Waals surface area contributed by atoms with Crippen LogP contribution in [0.4, 0.5) is 19.1 Å². The van der Waals surface area contributed by atoms with Gasteiger partial charge in [-0.1, -0.05) is 48.5 Å². The summed E-state index contributed by atoms with van der Waals surface area (Å²) in [6.07, 6.45) is -4.85. The lowest BCUT2D eigenvalue weighted by Gasteiger charge is -2.23. The third kappa shape index (κ3) is 5.36. The molecule has 4 bridgehead atoms. The summed E-state index contributed by atoms with van der Waals surface area (Å²) in [6.45, 7) is 4.09. The van der Waals surface area contributed by atoms with Gasteiger partial charge in [-0.15, -0.1) is 0 Å². The summed E-state index contributed by atoms with van der Waals surface area (Å²) in [6, 6.07) is 21.2. The van der Waals surface area contributed by atoms with Crippen LogP contribution in [0.1, 0.15) is 51.6 Å². The Kier molecular flexibility index (Phi) is 6.89. The van der Waals surface area contributed by atoms with E-state index in [0.29, 0.717) is 22.8 Å². The number of aryl methyl sites for hydroxylation is 2. The molecule has 1 saturated carbocycles. The Balaban J connectivity index is 1.41. The minimum Gasteiger partial charge on any atom is -0.467 e. The summed E-state index contributed by atoms with van der Waals surface area (Å²) in [5.74, 6) is 0.299. The number of hydrogen-bond acceptors (Lipinski definition) is 6. The largest absolute Gasteiger partial charge is 0.467 e. The lowest BCUT2D eigenvalue weighted by molar-refractivity contribution is -0.160. The summed E-state index contributed by atoms with van der Waals surface area (Å²) in [5.41, 5.74) is 3.24. The standard InChI is InChI=1S/C31H27F3N4O2S/c1-18-5-3-6-19(2)27(18)24-16-26-37-29(36-24)38-41-23-8-4-7-21(15-23)28(39)35-17-25(40-26)20-9-11-22(12-10-20)30(13-14-30)31(32,33)34/h3-12,15-16,25H,13-14,17H2,1-2H3,(H,35,39)(H,36,37,38). The predicted octanol–water partition coefficient (Wildman–Crippen LogP) is 7.34. The van der Waals surface area contributed by atoms with Gasteiger partial charge in [0.2, 0.25) is 11.8 Å². The zero-order chi connectivity index (χ0) is 28.8. The second-order valence-electron chi connectivity index (χ2n) is 10.4. The molecule has 6 nitrogen and oxygen atoms in total. The first kappa shape index (κ1) is 27.1. The summed E-state index contributed by atoms with van der Waals surface area (Å²) < 4.78 is 50.7. The highest BCUT2D eigenvalue weighted by Crippen LogP contribution is 2.58. The van der Waals surface area contributed by atoms with Crippen molar-refractivity contribution in [3.05, 3.63) is 101 Å². The van der Waals surface area contributed by atoms with Crippen molar-refractivity contribution in [2.75, 3.05) is 11.3 Å². The molecule has 0 spiro atoms. The van der Waals surface area contributed by atoms with Crippen LogP contribution in [0.15, 0.2) is 77.7 Å². The molecular formula is C31H27F3N4O2S. The van der Waals surface area contributed by atoms with Crippen LogP contribution in [0.2, 0.25) is 0 Å². The number of carbonyl (C=O) groups excluding carboxylic acids is 1. The van der Waals surface area contributed by atoms with E-state index >= 15 is 0 Å². The van der Waals surface area contributed by atoms with Crippen LogP contribution < -0.4 is 14.8 Å². The van der Waals surface area contributed by atoms with E-state index in [1.54, 1.807) is 36.4 Å². The Bertz CT molecular complexity index is 1600. The van der Waals surface area contributed by atoms with E-state index in [1.165, 1.54) is 24.1 Å². The summed E-state index contributed by atoms with van der Waals surface area (Å²) >= 11 is 1.27. The van der Waals surface area contributed by atoms with Gasteiger partial charge in [0, 0.05) is 22.1 Å². The first-order chi connectivity index (χ1) is 19.6. The number of anilines is 1. The Morgan fingerprint density at radius 1 is 0.951 bits per heavy atom. The van der Waals surface area contributed by atoms with Gasteiger partial charge < -0.3 is 10.1 Å². The van der Waals surface area contributed by atoms with Crippen LogP contribution in [-0.2, 0) is 5.41 Å². The van der Waals surface area contributed by atoms with Crippen molar-refractivity contribution < 1.29 is 22.7 Å². The normalized spacial score (nSPS) is 18.1. The molecule has 10 heteroatoms. The van der Waals surface area contributed by atoms with Gasteiger partial charge in [0.1, 0.15) is 6.10 Å². The number of nitrogens with zero attached hydrogens (tertiary/aromatic N) is 2. The van der Waals surface area contributed by atoms with E-state index in [0.717, 1.165) is 21.6 Å². The van der Waals surface area contributed by atoms with Gasteiger partial charge in [0.05, 0.1) is 17.7 Å². The number of carbonyl (C=O) groups is 1. The predicted molar refractivity (Wildman–Crippen MR) is 152 cm³/mol. The molecule has 1 aliphatic heterocycles. The van der Waals surface area contributed by atoms with Crippen molar-refractivity contribution in [2.24, 2.45) is 0 Å². The molecule has 0 radical (unpaired) electrons. The molecule has 1 aromatic heterocycles. The molecule has 2 heterocycles. The van der Waals surface area contributed by atoms with Gasteiger partial charge >= 0.3 is 6.18 Å². The molecule has 2 aliphatic rings. The molecule has 1 amide bonds. The Labute approximate surface area is 239 Å². The van der Waals surface area contributed by atoms with Crippen LogP contribution in [0.25, 0.3) is 11.3 Å². The Hall–Kier alpha value is -4.05. The first-order valence-corrected chi connectivity index (χ1v) is 14.1. The van der Waals surface area contributed by atoms with Gasteiger partial charge in [-0.3, -0.25) is 9.52 Å². The molecule has 6 rings (SSSR count). The quantitative estimate of drug-likeness (QED) is 0.249. The zero-order valence-corrected chi connectivity index (χ0v) is 23.2. The molecule has 1 fully saturated rings. The van der Waals surface area contributed by atoms with Gasteiger partial charge in [0.25, 0.3) is 5.91 Å². The van der Waals surface area contributed by atoms with E-state index in [2.05, 4.69) is 15.0 Å². The molecule has 1 unspecified atom stereocenters. The molecule has 2 N–H and O–H groups in total. The van der Waals surface area contributed by atoms with Gasteiger partial charge in [-0.2, -0.15) is 18.2 Å². The van der Waals surface area contributed by atoms with Crippen LogP contribution in [0.3, 0.4) is 0 Å². The van der Waals surface area contributed by atoms with Crippen molar-refractivity contribution in [1.29, 1.82) is 0 Å². The van der Waals surface area contributed by atoms with E-state index in [-0.39, 0.29) is 36.7 Å². The number of aromatic nitrogens is 2. The van der Waals surface area contributed by atoms with Crippen molar-refractivity contribution >= 4 is 23.8 Å². The average molecular weight is 577 g/mol. The fraction of sp³-hybridized carbons (Fsp3) is 0.258. The average Bonchev–Trinajstić information content (AvgIpc) is 3.77. The van der Waals surface area contributed by atoms with Crippen LogP contribution in [-0.4, -0.2) is 28.6 Å². The smallest absolute Gasteiger partial charge is 0.398 e. The minimum absolute atomic E-state index is 0.0749. The number of amides is 1. The number of nitrogens with one attached hydrogen (secondary N) is 2. The Morgan fingerprint density at radius 2 is 1.66 bits per heavy atom. The molecule has 1 aliphatic carbocycles. The maximum atomic E-state index is 13.7. The topological polar surface area (TPSA) is 76.1 Å². The number of benzene rings is 3. The number of rotatable bonds is 3. The third-order valence-electron chi connectivity index (χ3n) is 7.64. The summed E-state index contributed by atoms with van der Waals surface area (Å²) in [5, 5.41) is 2.92. The highest BCUT2D eigenvalue weighted by atomic mass is 32.2. The molecule has 210 valence electrons. The highest BCUT2D eigenvalue weighted by Gasteiger charge is 2.64. The van der Waals surface area contributed by atoms with E-state index in [1.807, 2.05) is 38.1 Å². The van der Waals surface area contributed by atoms with Gasteiger partial charge in [0.15, 0.2) is 0 Å². The van der Waals surface area contributed by atoms with E-state index < -0.39 is 17.7 Å². The summed E-state index contributed by atoms with van der Waals surface area (Å²) in [7, 11) is 0. The Morgan fingerprint density at radius 3 is 2.34 bits per heavy atom. The minimum atomic E-state index is -4.30. The fourth-order valence-corrected chi connectivity index (χ4v) is 5.85. The van der Waals surface area contributed by atoms with Crippen molar-refractivity contribution in [3.8, 4) is 17.1 Å².